The van der Waals surface area contributed by atoms with Gasteiger partial charge in [0.1, 0.15) is 17.5 Å². The fraction of sp³-hybridized carbons (Fsp3) is 0.435. The molecule has 0 radical (unpaired) electrons. The summed E-state index contributed by atoms with van der Waals surface area (Å²) in [5, 5.41) is 0. The number of aromatic nitrogens is 1. The lowest BCUT2D eigenvalue weighted by atomic mass is 9.82. The number of hydrogen-bond donors (Lipinski definition) is 0. The second-order valence-electron chi connectivity index (χ2n) is 8.16. The van der Waals surface area contributed by atoms with E-state index in [4.69, 9.17) is 9.47 Å². The van der Waals surface area contributed by atoms with E-state index < -0.39 is 5.60 Å². The third-order valence-corrected chi connectivity index (χ3v) is 7.25. The number of likely N-dealkylation sites (tertiary alicyclic amines) is 1. The van der Waals surface area contributed by atoms with Crippen LogP contribution in [0.3, 0.4) is 0 Å². The van der Waals surface area contributed by atoms with Gasteiger partial charge < -0.3 is 14.4 Å². The van der Waals surface area contributed by atoms with Gasteiger partial charge >= 0.3 is 0 Å². The Morgan fingerprint density at radius 1 is 1.23 bits per heavy atom. The lowest BCUT2D eigenvalue weighted by molar-refractivity contribution is -0.00572. The van der Waals surface area contributed by atoms with Crippen LogP contribution in [0.1, 0.15) is 46.4 Å². The first-order valence-corrected chi connectivity index (χ1v) is 11.6. The highest BCUT2D eigenvalue weighted by Crippen LogP contribution is 2.39. The number of pyridine rings is 1. The Morgan fingerprint density at radius 3 is 2.87 bits per heavy atom. The SMILES string of the molecule is O=C1CC2(CCN(C(=O)c3ccnc(OC4CCSC4)c3)CC2)Oc2ccccc21. The largest absolute Gasteiger partial charge is 0.486 e. The van der Waals surface area contributed by atoms with Gasteiger partial charge in [-0.25, -0.2) is 4.98 Å². The lowest BCUT2D eigenvalue weighted by Crippen LogP contribution is -2.52. The van der Waals surface area contributed by atoms with Crippen LogP contribution < -0.4 is 9.47 Å². The standard InChI is InChI=1S/C23H24N2O4S/c26-19-14-23(29-20-4-2-1-3-18(19)20)7-10-25(11-8-23)22(27)16-5-9-24-21(13-16)28-17-6-12-30-15-17/h1-5,9,13,17H,6-8,10-12,14-15H2. The van der Waals surface area contributed by atoms with E-state index in [9.17, 15) is 9.59 Å². The van der Waals surface area contributed by atoms with E-state index in [1.165, 1.54) is 0 Å². The first-order valence-electron chi connectivity index (χ1n) is 10.4. The van der Waals surface area contributed by atoms with E-state index in [0.29, 0.717) is 55.1 Å². The summed E-state index contributed by atoms with van der Waals surface area (Å²) in [4.78, 5) is 31.8. The Balaban J connectivity index is 1.25. The van der Waals surface area contributed by atoms with Crippen molar-refractivity contribution in [3.05, 3.63) is 53.7 Å². The fourth-order valence-corrected chi connectivity index (χ4v) is 5.50. The number of carbonyl (C=O) groups excluding carboxylic acids is 2. The number of piperidine rings is 1. The number of para-hydroxylation sites is 1. The minimum absolute atomic E-state index is 0.0274. The number of hydrogen-bond acceptors (Lipinski definition) is 6. The zero-order chi connectivity index (χ0) is 20.6. The molecule has 5 rings (SSSR count). The molecule has 6 nitrogen and oxygen atoms in total. The molecule has 4 heterocycles. The number of fused-ring (bicyclic) bond motifs is 1. The lowest BCUT2D eigenvalue weighted by Gasteiger charge is -2.44. The van der Waals surface area contributed by atoms with E-state index in [1.54, 1.807) is 18.3 Å². The molecule has 0 bridgehead atoms. The van der Waals surface area contributed by atoms with Crippen molar-refractivity contribution in [3.63, 3.8) is 0 Å². The second-order valence-corrected chi connectivity index (χ2v) is 9.31. The Kier molecular flexibility index (Phi) is 5.15. The highest BCUT2D eigenvalue weighted by Gasteiger charge is 2.43. The van der Waals surface area contributed by atoms with Crippen molar-refractivity contribution in [2.24, 2.45) is 0 Å². The topological polar surface area (TPSA) is 68.7 Å². The molecule has 3 aliphatic rings. The highest BCUT2D eigenvalue weighted by molar-refractivity contribution is 7.99. The molecule has 2 fully saturated rings. The summed E-state index contributed by atoms with van der Waals surface area (Å²) in [6, 6.07) is 10.9. The molecule has 1 unspecified atom stereocenters. The third-order valence-electron chi connectivity index (χ3n) is 6.12. The van der Waals surface area contributed by atoms with Crippen LogP contribution >= 0.6 is 11.8 Å². The minimum Gasteiger partial charge on any atom is -0.486 e. The molecule has 0 N–H and O–H groups in total. The zero-order valence-electron chi connectivity index (χ0n) is 16.7. The molecule has 1 spiro atoms. The van der Waals surface area contributed by atoms with E-state index in [1.807, 2.05) is 40.9 Å². The number of amides is 1. The van der Waals surface area contributed by atoms with Crippen molar-refractivity contribution < 1.29 is 19.1 Å². The van der Waals surface area contributed by atoms with E-state index >= 15 is 0 Å². The van der Waals surface area contributed by atoms with Crippen LogP contribution in [0.5, 0.6) is 11.6 Å². The number of ketones is 1. The molecule has 7 heteroatoms. The molecule has 1 atom stereocenters. The van der Waals surface area contributed by atoms with E-state index in [2.05, 4.69) is 4.98 Å². The summed E-state index contributed by atoms with van der Waals surface area (Å²) in [7, 11) is 0. The summed E-state index contributed by atoms with van der Waals surface area (Å²) in [5.41, 5.74) is 0.744. The summed E-state index contributed by atoms with van der Waals surface area (Å²) in [6.45, 7) is 1.12. The van der Waals surface area contributed by atoms with Crippen LogP contribution in [0.4, 0.5) is 0 Å². The minimum atomic E-state index is -0.505. The summed E-state index contributed by atoms with van der Waals surface area (Å²) < 4.78 is 12.2. The van der Waals surface area contributed by atoms with E-state index in [-0.39, 0.29) is 17.8 Å². The number of nitrogens with zero attached hydrogens (tertiary/aromatic N) is 2. The molecule has 3 aliphatic heterocycles. The maximum atomic E-state index is 13.1. The van der Waals surface area contributed by atoms with Crippen LogP contribution in [0.15, 0.2) is 42.6 Å². The average molecular weight is 425 g/mol. The third kappa shape index (κ3) is 3.78. The molecular formula is C23H24N2O4S. The van der Waals surface area contributed by atoms with Gasteiger partial charge in [0.25, 0.3) is 5.91 Å². The molecule has 30 heavy (non-hydrogen) atoms. The number of ether oxygens (including phenoxy) is 2. The van der Waals surface area contributed by atoms with Crippen LogP contribution in [0, 0.1) is 0 Å². The Morgan fingerprint density at radius 2 is 2.07 bits per heavy atom. The van der Waals surface area contributed by atoms with Gasteiger partial charge in [-0.2, -0.15) is 11.8 Å². The van der Waals surface area contributed by atoms with Crippen LogP contribution in [-0.2, 0) is 0 Å². The number of benzene rings is 1. The number of carbonyl (C=O) groups is 2. The normalized spacial score (nSPS) is 22.5. The molecule has 156 valence electrons. The monoisotopic (exact) mass is 424 g/mol. The number of thioether (sulfide) groups is 1. The van der Waals surface area contributed by atoms with Gasteiger partial charge in [-0.15, -0.1) is 0 Å². The molecular weight excluding hydrogens is 400 g/mol. The Bertz CT molecular complexity index is 965. The zero-order valence-corrected chi connectivity index (χ0v) is 17.5. The van der Waals surface area contributed by atoms with Crippen molar-refractivity contribution in [3.8, 4) is 11.6 Å². The predicted octanol–water partition coefficient (Wildman–Crippen LogP) is 3.61. The van der Waals surface area contributed by atoms with Crippen molar-refractivity contribution >= 4 is 23.5 Å². The Labute approximate surface area is 180 Å². The van der Waals surface area contributed by atoms with Crippen LogP contribution in [-0.4, -0.2) is 57.9 Å². The molecule has 0 aliphatic carbocycles. The molecule has 1 aromatic carbocycles. The maximum absolute atomic E-state index is 13.1. The molecule has 0 saturated carbocycles. The Hall–Kier alpha value is -2.54. The van der Waals surface area contributed by atoms with Gasteiger partial charge in [-0.05, 0) is 30.4 Å². The van der Waals surface area contributed by atoms with Gasteiger partial charge in [0, 0.05) is 49.5 Å². The molecule has 2 saturated heterocycles. The van der Waals surface area contributed by atoms with Crippen molar-refractivity contribution in [1.82, 2.24) is 9.88 Å². The quantitative estimate of drug-likeness (QED) is 0.750. The summed E-state index contributed by atoms with van der Waals surface area (Å²) in [5.74, 6) is 3.34. The van der Waals surface area contributed by atoms with Crippen molar-refractivity contribution in [1.29, 1.82) is 0 Å². The maximum Gasteiger partial charge on any atom is 0.254 e. The second kappa shape index (κ2) is 7.95. The van der Waals surface area contributed by atoms with Gasteiger partial charge in [0.05, 0.1) is 12.0 Å². The van der Waals surface area contributed by atoms with Crippen molar-refractivity contribution in [2.45, 2.75) is 37.4 Å². The highest BCUT2D eigenvalue weighted by atomic mass is 32.2. The van der Waals surface area contributed by atoms with Gasteiger partial charge in [0.15, 0.2) is 5.78 Å². The smallest absolute Gasteiger partial charge is 0.254 e. The first kappa shape index (κ1) is 19.4. The van der Waals surface area contributed by atoms with Gasteiger partial charge in [-0.1, -0.05) is 12.1 Å². The summed E-state index contributed by atoms with van der Waals surface area (Å²) >= 11 is 1.88. The fourth-order valence-electron chi connectivity index (χ4n) is 4.41. The summed E-state index contributed by atoms with van der Waals surface area (Å²) in [6.07, 6.45) is 4.49. The molecule has 1 amide bonds. The average Bonchev–Trinajstić information content (AvgIpc) is 3.27. The molecule has 2 aromatic rings. The predicted molar refractivity (Wildman–Crippen MR) is 114 cm³/mol. The van der Waals surface area contributed by atoms with E-state index in [0.717, 1.165) is 17.9 Å². The number of Topliss-reactive ketones (excluding diaryl/α,β-unsaturated/α-hetero) is 1. The number of rotatable bonds is 3. The van der Waals surface area contributed by atoms with Crippen LogP contribution in [0.2, 0.25) is 0 Å². The van der Waals surface area contributed by atoms with Gasteiger partial charge in [-0.3, -0.25) is 9.59 Å². The van der Waals surface area contributed by atoms with Crippen LogP contribution in [0.25, 0.3) is 0 Å². The van der Waals surface area contributed by atoms with Crippen molar-refractivity contribution in [2.75, 3.05) is 24.6 Å². The van der Waals surface area contributed by atoms with Gasteiger partial charge in [0.2, 0.25) is 5.88 Å². The molecule has 1 aromatic heterocycles. The first-order chi connectivity index (χ1) is 14.6.